The topological polar surface area (TPSA) is 417 Å². The predicted octanol–water partition coefficient (Wildman–Crippen LogP) is 17.8. The van der Waals surface area contributed by atoms with Gasteiger partial charge in [0.25, 0.3) is 0 Å². The van der Waals surface area contributed by atoms with Crippen LogP contribution in [0.2, 0.25) is 0 Å². The van der Waals surface area contributed by atoms with E-state index in [2.05, 4.69) is 191 Å². The van der Waals surface area contributed by atoms with Crippen LogP contribution >= 0.6 is 49.5 Å². The normalized spacial score (nSPS) is 14.3. The third-order valence-electron chi connectivity index (χ3n) is 23.1. The number of anilines is 7. The number of carbonyl (C=O) groups is 4. The minimum Gasteiger partial charge on any atom is -0.346 e. The third kappa shape index (κ3) is 34.2. The van der Waals surface area contributed by atoms with Crippen LogP contribution in [-0.2, 0) is 80.0 Å². The molecule has 2 fully saturated rings. The summed E-state index contributed by atoms with van der Waals surface area (Å²) in [6.07, 6.45) is 13.7. The van der Waals surface area contributed by atoms with Gasteiger partial charge in [-0.3, -0.25) is 31.6 Å². The Hall–Kier alpha value is -10.9. The molecule has 0 amide bonds. The number of nitrogens with two attached hydrogens (primary N) is 1. The van der Waals surface area contributed by atoms with E-state index >= 15 is 0 Å². The number of aliphatic carboxylic acids is 2. The Labute approximate surface area is 873 Å². The van der Waals surface area contributed by atoms with Crippen LogP contribution in [0.25, 0.3) is 5.57 Å². The minimum absolute atomic E-state index is 0. The monoisotopic (exact) mass is 2240 g/mol. The molecule has 0 atom stereocenters. The molecule has 5 heterocycles. The maximum atomic E-state index is 11.9. The fourth-order valence-electron chi connectivity index (χ4n) is 15.6. The summed E-state index contributed by atoms with van der Waals surface area (Å²) in [5.74, 6) is 3.27. The van der Waals surface area contributed by atoms with Crippen LogP contribution in [0.1, 0.15) is 115 Å². The summed E-state index contributed by atoms with van der Waals surface area (Å²) in [6, 6.07) is 72.4. The van der Waals surface area contributed by atoms with Crippen LogP contribution in [-0.4, -0.2) is 201 Å². The van der Waals surface area contributed by atoms with Gasteiger partial charge < -0.3 is 79.1 Å². The van der Waals surface area contributed by atoms with Gasteiger partial charge in [0.1, 0.15) is 40.2 Å². The van der Waals surface area contributed by atoms with E-state index in [-0.39, 0.29) is 66.7 Å². The zero-order valence-corrected chi connectivity index (χ0v) is 93.8. The van der Waals surface area contributed by atoms with Crippen molar-refractivity contribution in [3.63, 3.8) is 0 Å². The van der Waals surface area contributed by atoms with Gasteiger partial charge in [-0.25, -0.2) is 38.5 Å². The van der Waals surface area contributed by atoms with Crippen molar-refractivity contribution in [1.82, 2.24) is 0 Å². The van der Waals surface area contributed by atoms with Gasteiger partial charge in [-0.2, -0.15) is 13.8 Å². The maximum Gasteiger partial charge on any atom is 2.00 e. The van der Waals surface area contributed by atoms with Gasteiger partial charge in [0, 0.05) is 134 Å². The molecule has 30 nitrogen and oxygen atoms in total. The summed E-state index contributed by atoms with van der Waals surface area (Å²) >= 11 is 10.9. The van der Waals surface area contributed by atoms with Crippen LogP contribution in [0, 0.1) is 13.8 Å². The number of methoxy groups -OCH3 is 7. The number of nitrogens with one attached hydrogen (secondary N) is 2. The molecular formula is C102H129BBr2N8O22PS5Zn. The molecule has 7 aliphatic rings. The fourth-order valence-corrected chi connectivity index (χ4v) is 25.5. The zero-order chi connectivity index (χ0) is 104. The third-order valence-corrected chi connectivity index (χ3v) is 36.8. The number of hydrogen-bond acceptors (Lipinski definition) is 24. The number of Topliss-reactive ketones (excluding diaryl/α,β-unsaturated/α-hetero) is 2. The second kappa shape index (κ2) is 57.0. The molecule has 40 heteroatoms. The molecule has 2 aliphatic carbocycles. The quantitative estimate of drug-likeness (QED) is 0.0109. The van der Waals surface area contributed by atoms with Gasteiger partial charge in [-0.15, -0.1) is 0 Å². The number of hydrogen-bond donors (Lipinski definition) is 6. The van der Waals surface area contributed by atoms with Crippen molar-refractivity contribution >= 4 is 182 Å². The van der Waals surface area contributed by atoms with E-state index in [0.29, 0.717) is 79.0 Å². The largest absolute Gasteiger partial charge is 2.00 e. The van der Waals surface area contributed by atoms with Crippen molar-refractivity contribution in [3.05, 3.63) is 290 Å². The smallest absolute Gasteiger partial charge is 0.346 e. The van der Waals surface area contributed by atoms with E-state index in [9.17, 15) is 52.8 Å². The molecule has 2 spiro atoms. The summed E-state index contributed by atoms with van der Waals surface area (Å²) in [6.45, 7) is 22.2. The molecule has 17 rings (SSSR count). The summed E-state index contributed by atoms with van der Waals surface area (Å²) in [7, 11) is 2.35. The number of sulfonamides is 4. The van der Waals surface area contributed by atoms with Crippen LogP contribution in [0.3, 0.4) is 0 Å². The second-order valence-electron chi connectivity index (χ2n) is 32.3. The molecule has 1 radical (unpaired) electrons. The Bertz CT molecular complexity index is 6180. The Morgan fingerprint density at radius 2 is 0.873 bits per heavy atom. The Morgan fingerprint density at radius 3 is 1.28 bits per heavy atom. The Kier molecular flexibility index (Phi) is 49.6. The Morgan fingerprint density at radius 1 is 0.507 bits per heavy atom. The molecule has 10 aromatic rings. The van der Waals surface area contributed by atoms with Crippen LogP contribution in [0.5, 0.6) is 40.2 Å². The number of rotatable bonds is 19. The molecular weight excluding hydrogens is 2120 g/mol. The van der Waals surface area contributed by atoms with Crippen molar-refractivity contribution < 1.29 is 121 Å². The first-order valence-corrected chi connectivity index (χ1v) is 57.4. The van der Waals surface area contributed by atoms with Crippen molar-refractivity contribution in [3.8, 4) is 40.2 Å². The first kappa shape index (κ1) is 123. The first-order chi connectivity index (χ1) is 66.4. The van der Waals surface area contributed by atoms with Gasteiger partial charge >= 0.3 is 191 Å². The molecule has 0 unspecified atom stereocenters. The number of ketones is 2. The van der Waals surface area contributed by atoms with E-state index in [1.807, 2.05) is 103 Å². The van der Waals surface area contributed by atoms with Crippen molar-refractivity contribution in [2.45, 2.75) is 88.9 Å². The van der Waals surface area contributed by atoms with Crippen LogP contribution in [0.15, 0.2) is 252 Å². The molecule has 0 saturated heterocycles. The van der Waals surface area contributed by atoms with Gasteiger partial charge in [-0.05, 0) is 161 Å². The number of benzene rings is 10. The molecule has 0 aromatic heterocycles. The number of nitrogen functional groups attached to an aromatic ring is 1. The average molecular weight is 2250 g/mol. The number of carboxylic acids is 2. The number of carbonyl (C=O) groups excluding carboxylic acids is 2. The predicted molar refractivity (Wildman–Crippen MR) is 584 cm³/mol. The van der Waals surface area contributed by atoms with E-state index in [1.54, 1.807) is 86.8 Å². The van der Waals surface area contributed by atoms with E-state index in [4.69, 9.17) is 49.1 Å². The SMILES string of the molecule is C=C1CCN(S(C)(=O)=O)c2cc(OC)ccc21.C=CC(=O)O.COc1cc2c(cc1Br)C1(CCN2S(C)(=O)=O)CC1.COc1ccc2c(c1)N(S(C)(=O)=O)CCC21CC1.COc1ccc2c(c1)N(S(C)(=O)=O)CCC2=O.COc1ccc2c(c1)NCCC2=O.COc1cccc(N)c1.COc1cccc(NCCC(=O)O)c1.CP(Br)(c1ccccc1)(c1ccccc1)c1ccccc1.O.[B]=NS.[CH2-]C.[CH2-]C.[Zn+2]. The van der Waals surface area contributed by atoms with E-state index < -0.39 is 57.3 Å². The van der Waals surface area contributed by atoms with Gasteiger partial charge in [-0.1, -0.05) is 31.4 Å². The Balaban J connectivity index is 0.000000335. The van der Waals surface area contributed by atoms with Crippen molar-refractivity contribution in [1.29, 1.82) is 0 Å². The standard InChI is InChI=1S/C19H18BrP.C13H16BrNO3S.C13H17NO3S.C12H15NO3S.C11H13NO4S.C10H13NO3.C10H11NO2.C7H9NO.C3H4O2.2C2H5.BHNS.H2O.Zn/c1-21(20,17-11-5-2-6-12-17,18-13-7-3-8-14-18)19-15-9-4-10-16-19;1-18-12-8-11-9(7-10(12)14)13(3-4-13)5-6-15(11)19(2,16)17;1-17-10-3-4-11-12(9-10)14(18(2,15)16)8-7-13(11)5-6-13;1-9-6-7-13(17(3,14)15)12-8-10(16-2)4-5-11(9)12;1-16-8-3-4-9-10(7-8)12(17(2,14)15)6-5-11(9)13;1-14-9-4-2-3-8(7-9)11-6-5-10(12)13;1-13-7-2-3-8-9(6-7)11-5-4-10(8)12;1-9-7-4-2-3-6(8)5-7;1-2-3(4)5;2*1-2;1-2-3;;/h2-16H,1H3;7-8H,3-6H2,1-2H3;3-4,9H,5-8H2,1-2H3;4-5,8H,1,6-7H2,2-3H3;3-4,7H,5-6H2,1-2H3;2-4,7,11H,5-6H2,1H3,(H,12,13);2-3,6,11H,4-5H2,1H3;2-5H,8H2,1H3;2H,1H2,(H,4,5);2*1H2,2H3;3H;1H2;/q;;;;;;;;;2*-1;;;+2. The second-order valence-corrected chi connectivity index (χ2v) is 50.7. The first-order valence-electron chi connectivity index (χ1n) is 44.1. The van der Waals surface area contributed by atoms with Crippen LogP contribution in [0.4, 0.5) is 39.8 Å². The van der Waals surface area contributed by atoms with Gasteiger partial charge in [0.15, 0.2) is 11.6 Å². The minimum atomic E-state index is -3.36. The number of thiol groups is 1. The van der Waals surface area contributed by atoms with Crippen molar-refractivity contribution in [2.75, 3.05) is 154 Å². The number of fused-ring (bicyclic) bond motifs is 7. The van der Waals surface area contributed by atoms with Crippen LogP contribution < -0.4 is 82.7 Å². The molecule has 2 saturated carbocycles. The van der Waals surface area contributed by atoms with Gasteiger partial charge in [0.2, 0.25) is 40.1 Å². The number of ether oxygens (including phenoxy) is 7. The maximum absolute atomic E-state index is 11.9. The molecule has 763 valence electrons. The molecule has 5 aliphatic heterocycles. The summed E-state index contributed by atoms with van der Waals surface area (Å²) in [5.41, 5.74) is 16.4. The van der Waals surface area contributed by atoms with Crippen molar-refractivity contribution in [2.24, 2.45) is 4.30 Å². The number of halogens is 2. The molecule has 8 N–H and O–H groups in total. The average Bonchev–Trinajstić information content (AvgIpc) is 1.20. The number of nitrogens with zero attached hydrogens (tertiary/aromatic N) is 5. The molecule has 142 heavy (non-hydrogen) atoms. The number of carboxylic acid groups (broad SMARTS) is 2. The molecule has 0 bridgehead atoms. The zero-order valence-electron chi connectivity index (χ0n) is 82.6. The summed E-state index contributed by atoms with van der Waals surface area (Å²) in [4.78, 5) is 42.6. The van der Waals surface area contributed by atoms with E-state index in [1.165, 1.54) is 77.4 Å². The summed E-state index contributed by atoms with van der Waals surface area (Å²) < 4.78 is 139. The fraction of sp³-hybridized carbons (Fsp3) is 0.314. The van der Waals surface area contributed by atoms with Gasteiger partial charge in [0.05, 0.1) is 108 Å². The summed E-state index contributed by atoms with van der Waals surface area (Å²) in [5, 5.41) is 23.7. The molecule has 10 aromatic carbocycles. The van der Waals surface area contributed by atoms with E-state index in [0.717, 1.165) is 117 Å².